The fourth-order valence-electron chi connectivity index (χ4n) is 4.95. The third-order valence-corrected chi connectivity index (χ3v) is 7.01. The summed E-state index contributed by atoms with van der Waals surface area (Å²) in [4.78, 5) is 37.5. The number of carbonyl (C=O) groups excluding carboxylic acids is 1. The van der Waals surface area contributed by atoms with Gasteiger partial charge in [0.15, 0.2) is 0 Å². The van der Waals surface area contributed by atoms with E-state index in [1.165, 1.54) is 10.7 Å². The molecule has 1 amide bonds. The number of rotatable bonds is 7. The Bertz CT molecular complexity index is 1550. The largest absolute Gasteiger partial charge is 0.434 e. The molecule has 0 radical (unpaired) electrons. The third-order valence-electron chi connectivity index (χ3n) is 7.01. The van der Waals surface area contributed by atoms with Crippen molar-refractivity contribution in [3.8, 4) is 16.9 Å². The van der Waals surface area contributed by atoms with Crippen molar-refractivity contribution in [2.24, 2.45) is 7.05 Å². The fraction of sp³-hybridized carbons (Fsp3) is 0.333. The lowest BCUT2D eigenvalue weighted by atomic mass is 10.1. The van der Waals surface area contributed by atoms with Crippen molar-refractivity contribution < 1.29 is 23.4 Å². The quantitative estimate of drug-likeness (QED) is 0.385. The molecule has 0 spiro atoms. The second-order valence-corrected chi connectivity index (χ2v) is 9.42. The van der Waals surface area contributed by atoms with Gasteiger partial charge in [0.05, 0.1) is 17.4 Å². The molecule has 39 heavy (non-hydrogen) atoms. The van der Waals surface area contributed by atoms with Crippen LogP contribution in [0, 0.1) is 0 Å². The highest BCUT2D eigenvalue weighted by Gasteiger charge is 2.28. The predicted molar refractivity (Wildman–Crippen MR) is 141 cm³/mol. The van der Waals surface area contributed by atoms with Gasteiger partial charge in [0, 0.05) is 56.2 Å². The van der Waals surface area contributed by atoms with Crippen LogP contribution in [-0.2, 0) is 18.4 Å². The number of amides is 1. The van der Waals surface area contributed by atoms with Crippen LogP contribution in [0.3, 0.4) is 0 Å². The van der Waals surface area contributed by atoms with Gasteiger partial charge in [-0.25, -0.2) is 9.97 Å². The zero-order valence-corrected chi connectivity index (χ0v) is 21.5. The Kier molecular flexibility index (Phi) is 7.29. The van der Waals surface area contributed by atoms with E-state index in [0.29, 0.717) is 42.0 Å². The first kappa shape index (κ1) is 26.3. The average molecular weight is 539 g/mol. The monoisotopic (exact) mass is 538 g/mol. The van der Waals surface area contributed by atoms with Crippen molar-refractivity contribution in [1.29, 1.82) is 0 Å². The minimum atomic E-state index is -2.96. The van der Waals surface area contributed by atoms with Gasteiger partial charge in [0.1, 0.15) is 12.4 Å². The van der Waals surface area contributed by atoms with Crippen LogP contribution in [0.4, 0.5) is 14.7 Å². The normalized spacial score (nSPS) is 15.8. The second kappa shape index (κ2) is 10.8. The van der Waals surface area contributed by atoms with Crippen LogP contribution < -0.4 is 15.2 Å². The van der Waals surface area contributed by atoms with E-state index in [9.17, 15) is 18.4 Å². The maximum absolute atomic E-state index is 12.9. The number of aromatic nitrogens is 4. The van der Waals surface area contributed by atoms with Gasteiger partial charge in [-0.3, -0.25) is 19.0 Å². The Morgan fingerprint density at radius 1 is 1.13 bits per heavy atom. The summed E-state index contributed by atoms with van der Waals surface area (Å²) < 4.78 is 33.7. The number of halogens is 2. The van der Waals surface area contributed by atoms with Gasteiger partial charge >= 0.3 is 6.61 Å². The Hall–Kier alpha value is -4.32. The Labute approximate surface area is 222 Å². The molecule has 0 bridgehead atoms. The topological polar surface area (TPSA) is 106 Å². The summed E-state index contributed by atoms with van der Waals surface area (Å²) in [5.41, 5.74) is 2.47. The van der Waals surface area contributed by atoms with Gasteiger partial charge < -0.3 is 19.6 Å². The molecule has 204 valence electrons. The first-order chi connectivity index (χ1) is 18.8. The number of benzene rings is 2. The second-order valence-electron chi connectivity index (χ2n) is 9.42. The molecule has 2 aromatic carbocycles. The molecular weight excluding hydrogens is 510 g/mol. The lowest BCUT2D eigenvalue weighted by molar-refractivity contribution is -0.134. The van der Waals surface area contributed by atoms with Crippen LogP contribution >= 0.6 is 0 Å². The molecule has 10 nitrogen and oxygen atoms in total. The maximum atomic E-state index is 12.9. The number of para-hydroxylation sites is 1. The van der Waals surface area contributed by atoms with Crippen molar-refractivity contribution in [1.82, 2.24) is 24.2 Å². The van der Waals surface area contributed by atoms with Crippen molar-refractivity contribution >= 4 is 22.8 Å². The van der Waals surface area contributed by atoms with Crippen LogP contribution in [0.5, 0.6) is 5.75 Å². The molecule has 3 heterocycles. The number of fused-ring (bicyclic) bond motifs is 1. The van der Waals surface area contributed by atoms with E-state index in [4.69, 9.17) is 5.11 Å². The summed E-state index contributed by atoms with van der Waals surface area (Å²) in [6, 6.07) is 11.9. The number of hydrogen-bond acceptors (Lipinski definition) is 7. The van der Waals surface area contributed by atoms with E-state index in [1.807, 2.05) is 24.0 Å². The molecule has 12 heteroatoms. The molecule has 1 fully saturated rings. The molecule has 4 aromatic rings. The Balaban J connectivity index is 1.43. The standard InChI is InChI=1S/C27H28F2N6O4/c1-17-14-33(24(37)16-36)9-10-34(17)27-30-12-20(13-31-27)18-7-8-21-22(11-18)35(32(2)25(21)38)15-19-5-3-4-6-23(19)39-26(28)29/h3-8,11-13,17,26,36H,9-10,14-16H2,1-2H3/t17-/m0/s1. The van der Waals surface area contributed by atoms with Gasteiger partial charge in [0.2, 0.25) is 11.9 Å². The highest BCUT2D eigenvalue weighted by molar-refractivity contribution is 5.84. The van der Waals surface area contributed by atoms with Crippen LogP contribution in [0.25, 0.3) is 22.0 Å². The summed E-state index contributed by atoms with van der Waals surface area (Å²) >= 11 is 0. The smallest absolute Gasteiger partial charge is 0.387 e. The number of carbonyl (C=O) groups is 1. The number of anilines is 1. The predicted octanol–water partition coefficient (Wildman–Crippen LogP) is 2.48. The van der Waals surface area contributed by atoms with E-state index < -0.39 is 13.2 Å². The zero-order chi connectivity index (χ0) is 27.7. The number of piperazine rings is 1. The first-order valence-electron chi connectivity index (χ1n) is 12.5. The van der Waals surface area contributed by atoms with Crippen molar-refractivity contribution in [3.05, 3.63) is 70.8 Å². The molecule has 0 aliphatic carbocycles. The first-order valence-corrected chi connectivity index (χ1v) is 12.5. The van der Waals surface area contributed by atoms with Gasteiger partial charge in [-0.05, 0) is 30.7 Å². The molecule has 5 rings (SSSR count). The SMILES string of the molecule is C[C@H]1CN(C(=O)CO)CCN1c1ncc(-c2ccc3c(=O)n(C)n(Cc4ccccc4OC(F)F)c3c2)cn1. The minimum Gasteiger partial charge on any atom is -0.434 e. The average Bonchev–Trinajstić information content (AvgIpc) is 3.17. The third kappa shape index (κ3) is 5.19. The van der Waals surface area contributed by atoms with Crippen LogP contribution in [0.1, 0.15) is 12.5 Å². The van der Waals surface area contributed by atoms with Gasteiger partial charge in [0.25, 0.3) is 5.56 Å². The number of nitrogens with zero attached hydrogens (tertiary/aromatic N) is 6. The van der Waals surface area contributed by atoms with E-state index >= 15 is 0 Å². The Morgan fingerprint density at radius 3 is 2.56 bits per heavy atom. The van der Waals surface area contributed by atoms with E-state index in [1.54, 1.807) is 53.3 Å². The van der Waals surface area contributed by atoms with E-state index in [-0.39, 0.29) is 29.8 Å². The van der Waals surface area contributed by atoms with Crippen molar-refractivity contribution in [2.45, 2.75) is 26.1 Å². The number of hydrogen-bond donors (Lipinski definition) is 1. The summed E-state index contributed by atoms with van der Waals surface area (Å²) in [5, 5.41) is 9.62. The molecule has 0 saturated carbocycles. The summed E-state index contributed by atoms with van der Waals surface area (Å²) in [6.45, 7) is 0.154. The molecular formula is C27H28F2N6O4. The van der Waals surface area contributed by atoms with E-state index in [0.717, 1.165) is 11.1 Å². The highest BCUT2D eigenvalue weighted by Crippen LogP contribution is 2.27. The van der Waals surface area contributed by atoms with Crippen molar-refractivity contribution in [3.63, 3.8) is 0 Å². The lowest BCUT2D eigenvalue weighted by Crippen LogP contribution is -2.54. The van der Waals surface area contributed by atoms with Gasteiger partial charge in [-0.15, -0.1) is 0 Å². The summed E-state index contributed by atoms with van der Waals surface area (Å²) in [7, 11) is 1.63. The fourth-order valence-corrected chi connectivity index (χ4v) is 4.95. The minimum absolute atomic E-state index is 0.0212. The number of aliphatic hydroxyl groups excluding tert-OH is 1. The molecule has 1 saturated heterocycles. The summed E-state index contributed by atoms with van der Waals surface area (Å²) in [5.74, 6) is 0.297. The Morgan fingerprint density at radius 2 is 1.87 bits per heavy atom. The van der Waals surface area contributed by atoms with Crippen LogP contribution in [-0.4, -0.2) is 74.1 Å². The lowest BCUT2D eigenvalue weighted by Gasteiger charge is -2.39. The van der Waals surface area contributed by atoms with Crippen LogP contribution in [0.2, 0.25) is 0 Å². The summed E-state index contributed by atoms with van der Waals surface area (Å²) in [6.07, 6.45) is 3.41. The van der Waals surface area contributed by atoms with Gasteiger partial charge in [-0.1, -0.05) is 24.3 Å². The number of aliphatic hydroxyl groups is 1. The molecule has 1 atom stereocenters. The van der Waals surface area contributed by atoms with Crippen molar-refractivity contribution in [2.75, 3.05) is 31.1 Å². The maximum Gasteiger partial charge on any atom is 0.387 e. The van der Waals surface area contributed by atoms with Gasteiger partial charge in [-0.2, -0.15) is 8.78 Å². The molecule has 1 aliphatic heterocycles. The highest BCUT2D eigenvalue weighted by atomic mass is 19.3. The van der Waals surface area contributed by atoms with E-state index in [2.05, 4.69) is 14.7 Å². The number of ether oxygens (including phenoxy) is 1. The molecule has 0 unspecified atom stereocenters. The molecule has 2 aromatic heterocycles. The molecule has 1 N–H and O–H groups in total. The number of alkyl halides is 2. The zero-order valence-electron chi connectivity index (χ0n) is 21.5. The van der Waals surface area contributed by atoms with Crippen LogP contribution in [0.15, 0.2) is 59.7 Å². The molecule has 1 aliphatic rings.